The van der Waals surface area contributed by atoms with Crippen molar-refractivity contribution >= 4 is 22.8 Å². The summed E-state index contributed by atoms with van der Waals surface area (Å²) >= 11 is 0. The number of aliphatic hydroxyl groups is 1. The summed E-state index contributed by atoms with van der Waals surface area (Å²) < 4.78 is 0. The lowest BCUT2D eigenvalue weighted by Crippen LogP contribution is -2.43. The number of benzene rings is 1. The van der Waals surface area contributed by atoms with Crippen LogP contribution in [-0.4, -0.2) is 44.9 Å². The molecule has 18 heavy (non-hydrogen) atoms. The van der Waals surface area contributed by atoms with Gasteiger partial charge >= 0.3 is 5.97 Å². The van der Waals surface area contributed by atoms with E-state index in [2.05, 4.69) is 15.5 Å². The van der Waals surface area contributed by atoms with Gasteiger partial charge in [0, 0.05) is 10.9 Å². The zero-order chi connectivity index (χ0) is 13.1. The molecule has 94 valence electrons. The molecule has 0 unspecified atom stereocenters. The number of hydrogen-bond acceptors (Lipinski definition) is 4. The van der Waals surface area contributed by atoms with Gasteiger partial charge in [-0.1, -0.05) is 6.07 Å². The Morgan fingerprint density at radius 3 is 2.89 bits per heavy atom. The van der Waals surface area contributed by atoms with Crippen LogP contribution in [0.2, 0.25) is 0 Å². The number of carbonyl (C=O) groups excluding carboxylic acids is 1. The molecule has 0 saturated carbocycles. The van der Waals surface area contributed by atoms with Crippen molar-refractivity contribution in [1.82, 2.24) is 15.5 Å². The average Bonchev–Trinajstić information content (AvgIpc) is 2.82. The highest BCUT2D eigenvalue weighted by molar-refractivity contribution is 5.99. The number of H-pyrrole nitrogens is 1. The fourth-order valence-corrected chi connectivity index (χ4v) is 1.51. The van der Waals surface area contributed by atoms with Gasteiger partial charge in [0.25, 0.3) is 5.91 Å². The van der Waals surface area contributed by atoms with Crippen molar-refractivity contribution in [3.63, 3.8) is 0 Å². The summed E-state index contributed by atoms with van der Waals surface area (Å²) in [6, 6.07) is 3.51. The molecule has 0 radical (unpaired) electrons. The lowest BCUT2D eigenvalue weighted by molar-refractivity contribution is -0.140. The smallest absolute Gasteiger partial charge is 0.328 e. The second kappa shape index (κ2) is 4.84. The molecule has 1 amide bonds. The Morgan fingerprint density at radius 1 is 1.44 bits per heavy atom. The van der Waals surface area contributed by atoms with Crippen LogP contribution in [0.25, 0.3) is 10.9 Å². The number of aliphatic carboxylic acids is 1. The Labute approximate surface area is 101 Å². The third-order valence-electron chi connectivity index (χ3n) is 2.49. The maximum atomic E-state index is 11.8. The van der Waals surface area contributed by atoms with Crippen molar-refractivity contribution in [2.24, 2.45) is 0 Å². The van der Waals surface area contributed by atoms with Gasteiger partial charge < -0.3 is 15.5 Å². The van der Waals surface area contributed by atoms with Gasteiger partial charge in [0.2, 0.25) is 0 Å². The highest BCUT2D eigenvalue weighted by Gasteiger charge is 2.19. The van der Waals surface area contributed by atoms with Crippen LogP contribution in [-0.2, 0) is 4.79 Å². The van der Waals surface area contributed by atoms with Crippen molar-refractivity contribution in [2.75, 3.05) is 6.61 Å². The van der Waals surface area contributed by atoms with Gasteiger partial charge in [-0.2, -0.15) is 5.10 Å². The Balaban J connectivity index is 2.19. The number of rotatable bonds is 4. The van der Waals surface area contributed by atoms with Crippen molar-refractivity contribution in [3.05, 3.63) is 30.0 Å². The monoisotopic (exact) mass is 249 g/mol. The van der Waals surface area contributed by atoms with Crippen molar-refractivity contribution < 1.29 is 19.8 Å². The van der Waals surface area contributed by atoms with Crippen LogP contribution in [0.15, 0.2) is 24.4 Å². The molecule has 0 spiro atoms. The van der Waals surface area contributed by atoms with Gasteiger partial charge in [-0.05, 0) is 12.1 Å². The Kier molecular flexibility index (Phi) is 3.24. The van der Waals surface area contributed by atoms with E-state index >= 15 is 0 Å². The van der Waals surface area contributed by atoms with Crippen LogP contribution >= 0.6 is 0 Å². The van der Waals surface area contributed by atoms with Crippen LogP contribution in [0.4, 0.5) is 0 Å². The summed E-state index contributed by atoms with van der Waals surface area (Å²) in [5, 5.41) is 27.1. The van der Waals surface area contributed by atoms with Crippen LogP contribution < -0.4 is 5.32 Å². The number of aliphatic hydroxyl groups excluding tert-OH is 1. The van der Waals surface area contributed by atoms with E-state index in [1.165, 1.54) is 0 Å². The summed E-state index contributed by atoms with van der Waals surface area (Å²) in [6.07, 6.45) is 1.62. The minimum absolute atomic E-state index is 0.298. The van der Waals surface area contributed by atoms with Gasteiger partial charge in [-0.25, -0.2) is 4.79 Å². The number of aromatic amines is 1. The maximum Gasteiger partial charge on any atom is 0.328 e. The van der Waals surface area contributed by atoms with Crippen LogP contribution in [0.1, 0.15) is 10.4 Å². The summed E-state index contributed by atoms with van der Waals surface area (Å²) in [4.78, 5) is 22.4. The van der Waals surface area contributed by atoms with E-state index in [0.717, 1.165) is 5.39 Å². The first-order valence-electron chi connectivity index (χ1n) is 5.19. The molecular weight excluding hydrogens is 238 g/mol. The molecule has 1 aromatic heterocycles. The van der Waals surface area contributed by atoms with Crippen molar-refractivity contribution in [3.8, 4) is 0 Å². The van der Waals surface area contributed by atoms with E-state index in [1.807, 2.05) is 0 Å². The van der Waals surface area contributed by atoms with Crippen LogP contribution in [0.3, 0.4) is 0 Å². The van der Waals surface area contributed by atoms with Gasteiger partial charge in [-0.15, -0.1) is 0 Å². The molecule has 0 aliphatic carbocycles. The molecule has 0 fully saturated rings. The van der Waals surface area contributed by atoms with Crippen LogP contribution in [0.5, 0.6) is 0 Å². The lowest BCUT2D eigenvalue weighted by atomic mass is 10.1. The SMILES string of the molecule is O=C(N[C@@H](CO)C(=O)O)c1ccc2cn[nH]c2c1. The normalized spacial score (nSPS) is 12.3. The standard InChI is InChI=1S/C11H11N3O4/c15-5-9(11(17)18)13-10(16)6-1-2-7-4-12-14-8(7)3-6/h1-4,9,15H,5H2,(H,12,14)(H,13,16)(H,17,18)/t9-/m0/s1. The quantitative estimate of drug-likeness (QED) is 0.595. The third-order valence-corrected chi connectivity index (χ3v) is 2.49. The van der Waals surface area contributed by atoms with E-state index in [1.54, 1.807) is 24.4 Å². The number of hydrogen-bond donors (Lipinski definition) is 4. The summed E-state index contributed by atoms with van der Waals surface area (Å²) in [6.45, 7) is -0.659. The topological polar surface area (TPSA) is 115 Å². The molecule has 2 rings (SSSR count). The molecule has 0 aliphatic rings. The molecule has 7 nitrogen and oxygen atoms in total. The molecule has 0 saturated heterocycles. The Bertz CT molecular complexity index is 593. The number of carboxylic acid groups (broad SMARTS) is 1. The zero-order valence-electron chi connectivity index (χ0n) is 9.25. The molecule has 7 heteroatoms. The highest BCUT2D eigenvalue weighted by atomic mass is 16.4. The number of nitrogens with one attached hydrogen (secondary N) is 2. The van der Waals surface area contributed by atoms with Gasteiger partial charge in [0.05, 0.1) is 18.3 Å². The molecule has 1 heterocycles. The first kappa shape index (κ1) is 12.1. The summed E-state index contributed by atoms with van der Waals surface area (Å²) in [5.41, 5.74) is 0.977. The zero-order valence-corrected chi connectivity index (χ0v) is 9.25. The summed E-state index contributed by atoms with van der Waals surface area (Å²) in [5.74, 6) is -1.85. The minimum atomic E-state index is -1.31. The number of fused-ring (bicyclic) bond motifs is 1. The average molecular weight is 249 g/mol. The molecule has 1 aromatic carbocycles. The Morgan fingerprint density at radius 2 is 2.22 bits per heavy atom. The Hall–Kier alpha value is -2.41. The van der Waals surface area contributed by atoms with E-state index in [9.17, 15) is 9.59 Å². The molecule has 4 N–H and O–H groups in total. The summed E-state index contributed by atoms with van der Waals surface area (Å²) in [7, 11) is 0. The second-order valence-corrected chi connectivity index (χ2v) is 3.72. The number of carboxylic acids is 1. The number of amides is 1. The van der Waals surface area contributed by atoms with Crippen molar-refractivity contribution in [1.29, 1.82) is 0 Å². The number of nitrogens with zero attached hydrogens (tertiary/aromatic N) is 1. The number of carbonyl (C=O) groups is 2. The fourth-order valence-electron chi connectivity index (χ4n) is 1.51. The van der Waals surface area contributed by atoms with E-state index in [4.69, 9.17) is 10.2 Å². The molecule has 0 aliphatic heterocycles. The first-order valence-corrected chi connectivity index (χ1v) is 5.19. The maximum absolute atomic E-state index is 11.8. The van der Waals surface area contributed by atoms with Crippen LogP contribution in [0, 0.1) is 0 Å². The molecule has 1 atom stereocenters. The largest absolute Gasteiger partial charge is 0.480 e. The van der Waals surface area contributed by atoms with Gasteiger partial charge in [-0.3, -0.25) is 9.89 Å². The molecule has 0 bridgehead atoms. The minimum Gasteiger partial charge on any atom is -0.480 e. The van der Waals surface area contributed by atoms with Gasteiger partial charge in [0.15, 0.2) is 6.04 Å². The highest BCUT2D eigenvalue weighted by Crippen LogP contribution is 2.12. The second-order valence-electron chi connectivity index (χ2n) is 3.72. The van der Waals surface area contributed by atoms with Gasteiger partial charge in [0.1, 0.15) is 0 Å². The van der Waals surface area contributed by atoms with E-state index in [0.29, 0.717) is 11.1 Å². The van der Waals surface area contributed by atoms with E-state index in [-0.39, 0.29) is 0 Å². The predicted molar refractivity (Wildman–Crippen MR) is 62.1 cm³/mol. The first-order chi connectivity index (χ1) is 8.61. The van der Waals surface area contributed by atoms with E-state index < -0.39 is 24.5 Å². The fraction of sp³-hybridized carbons (Fsp3) is 0.182. The molecule has 2 aromatic rings. The third kappa shape index (κ3) is 2.30. The van der Waals surface area contributed by atoms with Crippen molar-refractivity contribution in [2.45, 2.75) is 6.04 Å². The molecular formula is C11H11N3O4. The predicted octanol–water partition coefficient (Wildman–Crippen LogP) is -0.262. The lowest BCUT2D eigenvalue weighted by Gasteiger charge is -2.11. The number of aromatic nitrogens is 2.